The highest BCUT2D eigenvalue weighted by Crippen LogP contribution is 2.38. The van der Waals surface area contributed by atoms with Crippen molar-refractivity contribution in [1.29, 1.82) is 0 Å². The number of pyridine rings is 1. The van der Waals surface area contributed by atoms with E-state index in [-0.39, 0.29) is 35.3 Å². The van der Waals surface area contributed by atoms with Crippen LogP contribution in [0.2, 0.25) is 0 Å². The fourth-order valence-corrected chi connectivity index (χ4v) is 3.78. The molecule has 9 heteroatoms. The van der Waals surface area contributed by atoms with E-state index < -0.39 is 22.8 Å². The maximum atomic E-state index is 14.9. The molecule has 166 valence electrons. The van der Waals surface area contributed by atoms with Gasteiger partial charge in [0.2, 0.25) is 11.4 Å². The summed E-state index contributed by atoms with van der Waals surface area (Å²) in [5, 5.41) is 12.2. The van der Waals surface area contributed by atoms with Crippen molar-refractivity contribution in [3.05, 3.63) is 93.5 Å². The number of aromatic carboxylic acids is 1. The van der Waals surface area contributed by atoms with Gasteiger partial charge in [0, 0.05) is 30.2 Å². The molecule has 0 saturated heterocycles. The van der Waals surface area contributed by atoms with Gasteiger partial charge in [0.05, 0.1) is 16.9 Å². The lowest BCUT2D eigenvalue weighted by Gasteiger charge is -2.14. The summed E-state index contributed by atoms with van der Waals surface area (Å²) < 4.78 is 30.6. The van der Waals surface area contributed by atoms with Crippen molar-refractivity contribution in [2.45, 2.75) is 25.3 Å². The number of aromatic nitrogens is 3. The molecule has 2 aromatic heterocycles. The highest BCUT2D eigenvalue weighted by molar-refractivity contribution is 5.93. The van der Waals surface area contributed by atoms with Crippen LogP contribution in [0.25, 0.3) is 10.9 Å². The molecule has 1 fully saturated rings. The lowest BCUT2D eigenvalue weighted by Crippen LogP contribution is -2.19. The Bertz CT molecular complexity index is 1460. The van der Waals surface area contributed by atoms with Crippen molar-refractivity contribution in [2.24, 2.45) is 0 Å². The number of hydrogen-bond donors (Lipinski definition) is 2. The Balaban J connectivity index is 1.52. The van der Waals surface area contributed by atoms with Crippen molar-refractivity contribution in [3.8, 4) is 0 Å². The molecule has 2 N–H and O–H groups in total. The van der Waals surface area contributed by atoms with Gasteiger partial charge in [-0.25, -0.2) is 23.5 Å². The van der Waals surface area contributed by atoms with Crippen LogP contribution < -0.4 is 10.7 Å². The molecule has 1 saturated carbocycles. The third kappa shape index (κ3) is 4.05. The number of benzene rings is 2. The third-order valence-electron chi connectivity index (χ3n) is 5.58. The van der Waals surface area contributed by atoms with E-state index in [1.165, 1.54) is 24.5 Å². The van der Waals surface area contributed by atoms with Gasteiger partial charge in [0.1, 0.15) is 17.2 Å². The van der Waals surface area contributed by atoms with E-state index in [2.05, 4.69) is 15.3 Å². The van der Waals surface area contributed by atoms with Crippen LogP contribution in [0.1, 0.15) is 40.5 Å². The summed E-state index contributed by atoms with van der Waals surface area (Å²) in [5.41, 5.74) is 0.365. The SMILES string of the molecule is O=C(O)c1cn(C2CC2)c2cc(Nc3nccc(Cc4ccccc4F)n3)c(F)cc2c1=O. The van der Waals surface area contributed by atoms with Crippen LogP contribution in [0.4, 0.5) is 20.4 Å². The zero-order valence-corrected chi connectivity index (χ0v) is 17.3. The Morgan fingerprint density at radius 1 is 1.15 bits per heavy atom. The predicted molar refractivity (Wildman–Crippen MR) is 118 cm³/mol. The van der Waals surface area contributed by atoms with Crippen LogP contribution in [-0.4, -0.2) is 25.6 Å². The number of carboxylic acids is 1. The number of anilines is 2. The van der Waals surface area contributed by atoms with Crippen LogP contribution in [-0.2, 0) is 6.42 Å². The monoisotopic (exact) mass is 448 g/mol. The van der Waals surface area contributed by atoms with Gasteiger partial charge in [-0.15, -0.1) is 0 Å². The van der Waals surface area contributed by atoms with E-state index in [0.29, 0.717) is 16.8 Å². The molecule has 0 unspecified atom stereocenters. The van der Waals surface area contributed by atoms with E-state index in [1.54, 1.807) is 28.8 Å². The molecule has 0 spiro atoms. The van der Waals surface area contributed by atoms with Crippen molar-refractivity contribution in [2.75, 3.05) is 5.32 Å². The van der Waals surface area contributed by atoms with Gasteiger partial charge in [-0.05, 0) is 42.7 Å². The number of fused-ring (bicyclic) bond motifs is 1. The first-order chi connectivity index (χ1) is 15.9. The minimum absolute atomic E-state index is 0.000859. The smallest absolute Gasteiger partial charge is 0.341 e. The summed E-state index contributed by atoms with van der Waals surface area (Å²) in [6.07, 6.45) is 4.74. The molecule has 33 heavy (non-hydrogen) atoms. The van der Waals surface area contributed by atoms with Crippen molar-refractivity contribution < 1.29 is 18.7 Å². The second-order valence-corrected chi connectivity index (χ2v) is 7.93. The van der Waals surface area contributed by atoms with Crippen LogP contribution >= 0.6 is 0 Å². The highest BCUT2D eigenvalue weighted by atomic mass is 19.1. The number of nitrogens with one attached hydrogen (secondary N) is 1. The maximum Gasteiger partial charge on any atom is 0.341 e. The molecule has 5 rings (SSSR count). The average Bonchev–Trinajstić information content (AvgIpc) is 3.62. The van der Waals surface area contributed by atoms with Crippen molar-refractivity contribution in [1.82, 2.24) is 14.5 Å². The van der Waals surface area contributed by atoms with E-state index in [9.17, 15) is 23.5 Å². The Labute approximate surface area is 186 Å². The van der Waals surface area contributed by atoms with E-state index in [0.717, 1.165) is 18.9 Å². The summed E-state index contributed by atoms with van der Waals surface area (Å²) in [4.78, 5) is 32.5. The molecule has 2 aromatic carbocycles. The average molecular weight is 448 g/mol. The number of carbonyl (C=O) groups is 1. The first kappa shape index (κ1) is 20.7. The summed E-state index contributed by atoms with van der Waals surface area (Å²) in [7, 11) is 0. The molecule has 0 bridgehead atoms. The third-order valence-corrected chi connectivity index (χ3v) is 5.58. The molecule has 1 aliphatic carbocycles. The summed E-state index contributed by atoms with van der Waals surface area (Å²) in [6.45, 7) is 0. The zero-order valence-electron chi connectivity index (χ0n) is 17.3. The Morgan fingerprint density at radius 2 is 1.94 bits per heavy atom. The normalized spacial score (nSPS) is 13.3. The van der Waals surface area contributed by atoms with Gasteiger partial charge in [0.25, 0.3) is 0 Å². The minimum atomic E-state index is -1.35. The maximum absolute atomic E-state index is 14.9. The molecule has 2 heterocycles. The number of carboxylic acid groups (broad SMARTS) is 1. The van der Waals surface area contributed by atoms with Gasteiger partial charge < -0.3 is 15.0 Å². The van der Waals surface area contributed by atoms with Crippen molar-refractivity contribution >= 4 is 28.5 Å². The fourth-order valence-electron chi connectivity index (χ4n) is 3.78. The summed E-state index contributed by atoms with van der Waals surface area (Å²) in [6, 6.07) is 10.6. The van der Waals surface area contributed by atoms with Gasteiger partial charge in [-0.1, -0.05) is 18.2 Å². The van der Waals surface area contributed by atoms with E-state index >= 15 is 0 Å². The van der Waals surface area contributed by atoms with Gasteiger partial charge >= 0.3 is 5.97 Å². The van der Waals surface area contributed by atoms with Crippen LogP contribution in [0.3, 0.4) is 0 Å². The second-order valence-electron chi connectivity index (χ2n) is 7.93. The Kier molecular flexibility index (Phi) is 5.08. The Hall–Kier alpha value is -4.14. The molecule has 4 aromatic rings. The number of nitrogens with zero attached hydrogens (tertiary/aromatic N) is 3. The predicted octanol–water partition coefficient (Wildman–Crippen LogP) is 4.44. The highest BCUT2D eigenvalue weighted by Gasteiger charge is 2.27. The van der Waals surface area contributed by atoms with Crippen LogP contribution in [0.5, 0.6) is 0 Å². The Morgan fingerprint density at radius 3 is 2.67 bits per heavy atom. The quantitative estimate of drug-likeness (QED) is 0.453. The number of rotatable bonds is 6. The lowest BCUT2D eigenvalue weighted by molar-refractivity contribution is 0.0695. The fraction of sp³-hybridized carbons (Fsp3) is 0.167. The van der Waals surface area contributed by atoms with E-state index in [1.807, 2.05) is 0 Å². The molecular weight excluding hydrogens is 430 g/mol. The van der Waals surface area contributed by atoms with Crippen LogP contribution in [0.15, 0.2) is 59.7 Å². The van der Waals surface area contributed by atoms with Crippen LogP contribution in [0, 0.1) is 11.6 Å². The molecule has 0 amide bonds. The molecule has 0 aliphatic heterocycles. The molecule has 0 atom stereocenters. The van der Waals surface area contributed by atoms with Gasteiger partial charge in [-0.2, -0.15) is 0 Å². The van der Waals surface area contributed by atoms with Crippen molar-refractivity contribution in [3.63, 3.8) is 0 Å². The molecule has 1 aliphatic rings. The molecular formula is C24H18F2N4O3. The summed E-state index contributed by atoms with van der Waals surface area (Å²) in [5.74, 6) is -2.32. The molecule has 0 radical (unpaired) electrons. The lowest BCUT2D eigenvalue weighted by atomic mass is 10.1. The topological polar surface area (TPSA) is 97.1 Å². The second kappa shape index (κ2) is 8.09. The number of hydrogen-bond acceptors (Lipinski definition) is 5. The van der Waals surface area contributed by atoms with E-state index in [4.69, 9.17) is 0 Å². The molecule has 7 nitrogen and oxygen atoms in total. The summed E-state index contributed by atoms with van der Waals surface area (Å²) >= 11 is 0. The first-order valence-corrected chi connectivity index (χ1v) is 10.3. The van der Waals surface area contributed by atoms with Gasteiger partial charge in [-0.3, -0.25) is 4.79 Å². The largest absolute Gasteiger partial charge is 0.477 e. The zero-order chi connectivity index (χ0) is 23.1. The minimum Gasteiger partial charge on any atom is -0.477 e. The first-order valence-electron chi connectivity index (χ1n) is 10.3. The standard InChI is InChI=1S/C24H18F2N4O3/c25-18-4-2-1-3-13(18)9-14-7-8-27-24(28-14)29-20-11-21-16(10-19(20)26)22(31)17(23(32)33)12-30(21)15-5-6-15/h1-4,7-8,10-12,15H,5-6,9H2,(H,32,33)(H,27,28,29). The number of halogens is 2. The van der Waals surface area contributed by atoms with Gasteiger partial charge in [0.15, 0.2) is 0 Å².